The number of nitrogens with two attached hydrogens (primary N) is 1. The van der Waals surface area contributed by atoms with Crippen molar-refractivity contribution in [2.75, 3.05) is 12.4 Å². The summed E-state index contributed by atoms with van der Waals surface area (Å²) in [7, 11) is -2.23. The molecule has 7 nitrogen and oxygen atoms in total. The topological polar surface area (TPSA) is 110 Å². The number of hydrogen-bond acceptors (Lipinski definition) is 5. The predicted octanol–water partition coefficient (Wildman–Crippen LogP) is 4.59. The number of anilines is 1. The fourth-order valence-electron chi connectivity index (χ4n) is 3.47. The second-order valence-electron chi connectivity index (χ2n) is 7.81. The third kappa shape index (κ3) is 5.48. The van der Waals surface area contributed by atoms with Crippen molar-refractivity contribution < 1.29 is 18.0 Å². The van der Waals surface area contributed by atoms with Crippen LogP contribution in [0.3, 0.4) is 0 Å². The molecular weight excluding hydrogens is 482 g/mol. The second kappa shape index (κ2) is 10.2. The zero-order chi connectivity index (χ0) is 25.0. The van der Waals surface area contributed by atoms with Crippen LogP contribution in [-0.4, -0.2) is 31.6 Å². The molecule has 178 valence electrons. The molecule has 0 aliphatic heterocycles. The minimum Gasteiger partial charge on any atom is -0.366 e. The fraction of sp³-hybridized carbons (Fsp3) is 0.0769. The number of primary amides is 1. The Morgan fingerprint density at radius 2 is 1.51 bits per heavy atom. The van der Waals surface area contributed by atoms with Gasteiger partial charge in [-0.15, -0.1) is 11.3 Å². The minimum atomic E-state index is -3.74. The molecular formula is C26H23N3O4S2. The van der Waals surface area contributed by atoms with Crippen molar-refractivity contribution in [3.63, 3.8) is 0 Å². The number of sulfonamides is 1. The Balaban J connectivity index is 1.51. The first-order valence-corrected chi connectivity index (χ1v) is 12.9. The third-order valence-electron chi connectivity index (χ3n) is 5.36. The molecule has 0 aliphatic carbocycles. The summed E-state index contributed by atoms with van der Waals surface area (Å²) in [5.74, 6) is -1.13. The second-order valence-corrected chi connectivity index (χ2v) is 10.9. The van der Waals surface area contributed by atoms with Crippen molar-refractivity contribution in [3.05, 3.63) is 108 Å². The summed E-state index contributed by atoms with van der Waals surface area (Å²) < 4.78 is 27.1. The number of benzene rings is 3. The van der Waals surface area contributed by atoms with E-state index in [-0.39, 0.29) is 22.6 Å². The van der Waals surface area contributed by atoms with E-state index in [1.54, 1.807) is 6.07 Å². The molecule has 0 unspecified atom stereocenters. The van der Waals surface area contributed by atoms with E-state index in [1.165, 1.54) is 47.0 Å². The summed E-state index contributed by atoms with van der Waals surface area (Å²) in [6, 6.07) is 26.0. The van der Waals surface area contributed by atoms with E-state index in [1.807, 2.05) is 60.7 Å². The largest absolute Gasteiger partial charge is 0.366 e. The van der Waals surface area contributed by atoms with Gasteiger partial charge in [-0.1, -0.05) is 60.7 Å². The first-order chi connectivity index (χ1) is 16.8. The van der Waals surface area contributed by atoms with Gasteiger partial charge in [-0.25, -0.2) is 8.42 Å². The van der Waals surface area contributed by atoms with Crippen LogP contribution in [0.4, 0.5) is 5.00 Å². The maximum Gasteiger partial charge on any atom is 0.256 e. The Morgan fingerprint density at radius 3 is 2.11 bits per heavy atom. The summed E-state index contributed by atoms with van der Waals surface area (Å²) in [4.78, 5) is 25.7. The van der Waals surface area contributed by atoms with Crippen LogP contribution in [0.25, 0.3) is 10.4 Å². The molecule has 0 aliphatic rings. The normalized spacial score (nSPS) is 11.4. The van der Waals surface area contributed by atoms with Gasteiger partial charge in [-0.3, -0.25) is 9.59 Å². The van der Waals surface area contributed by atoms with Crippen molar-refractivity contribution >= 4 is 38.2 Å². The monoisotopic (exact) mass is 505 g/mol. The lowest BCUT2D eigenvalue weighted by Crippen LogP contribution is -2.26. The van der Waals surface area contributed by atoms with Gasteiger partial charge in [-0.05, 0) is 41.5 Å². The smallest absolute Gasteiger partial charge is 0.256 e. The van der Waals surface area contributed by atoms with Gasteiger partial charge < -0.3 is 11.1 Å². The van der Waals surface area contributed by atoms with Crippen LogP contribution >= 0.6 is 11.3 Å². The van der Waals surface area contributed by atoms with Crippen LogP contribution in [0.1, 0.15) is 26.3 Å². The number of nitrogens with zero attached hydrogens (tertiary/aromatic N) is 1. The zero-order valence-electron chi connectivity index (χ0n) is 18.8. The number of thiophene rings is 1. The summed E-state index contributed by atoms with van der Waals surface area (Å²) in [6.45, 7) is 0.226. The quantitative estimate of drug-likeness (QED) is 0.365. The van der Waals surface area contributed by atoms with E-state index in [9.17, 15) is 18.0 Å². The SMILES string of the molecule is CN(Cc1ccccc1)S(=O)(=O)c1ccc(C(=O)Nc2sc(-c3ccccc3)cc2C(N)=O)cc1. The lowest BCUT2D eigenvalue weighted by atomic mass is 10.1. The van der Waals surface area contributed by atoms with Crippen LogP contribution < -0.4 is 11.1 Å². The molecule has 0 atom stereocenters. The first-order valence-electron chi connectivity index (χ1n) is 10.7. The maximum atomic E-state index is 12.9. The molecule has 2 amide bonds. The molecule has 1 heterocycles. The van der Waals surface area contributed by atoms with E-state index < -0.39 is 21.8 Å². The Bertz CT molecular complexity index is 1450. The highest BCUT2D eigenvalue weighted by Gasteiger charge is 2.22. The van der Waals surface area contributed by atoms with Gasteiger partial charge >= 0.3 is 0 Å². The van der Waals surface area contributed by atoms with Gasteiger partial charge in [-0.2, -0.15) is 4.31 Å². The minimum absolute atomic E-state index is 0.0767. The van der Waals surface area contributed by atoms with Gasteiger partial charge in [0, 0.05) is 24.0 Å². The molecule has 3 N–H and O–H groups in total. The van der Waals surface area contributed by atoms with Gasteiger partial charge in [0.15, 0.2) is 0 Å². The average molecular weight is 506 g/mol. The van der Waals surface area contributed by atoms with Crippen LogP contribution in [0, 0.1) is 0 Å². The van der Waals surface area contributed by atoms with Gasteiger partial charge in [0.2, 0.25) is 10.0 Å². The molecule has 9 heteroatoms. The Hall–Kier alpha value is -3.79. The van der Waals surface area contributed by atoms with Gasteiger partial charge in [0.1, 0.15) is 5.00 Å². The van der Waals surface area contributed by atoms with Crippen molar-refractivity contribution in [2.24, 2.45) is 5.73 Å². The van der Waals surface area contributed by atoms with E-state index >= 15 is 0 Å². The highest BCUT2D eigenvalue weighted by atomic mass is 32.2. The molecule has 4 rings (SSSR count). The van der Waals surface area contributed by atoms with Crippen LogP contribution in [0.15, 0.2) is 95.9 Å². The summed E-state index contributed by atoms with van der Waals surface area (Å²) in [5, 5.41) is 3.06. The summed E-state index contributed by atoms with van der Waals surface area (Å²) in [5.41, 5.74) is 7.74. The standard InChI is InChI=1S/C26H23N3O4S2/c1-29(17-18-8-4-2-5-9-18)35(32,33)21-14-12-20(13-15-21)25(31)28-26-22(24(27)30)16-23(34-26)19-10-6-3-7-11-19/h2-16H,17H2,1H3,(H2,27,30)(H,28,31). The number of carbonyl (C=O) groups is 2. The lowest BCUT2D eigenvalue weighted by molar-refractivity contribution is 0.100. The molecule has 1 aromatic heterocycles. The van der Waals surface area contributed by atoms with E-state index in [0.29, 0.717) is 5.00 Å². The number of carbonyl (C=O) groups excluding carboxylic acids is 2. The van der Waals surface area contributed by atoms with Crippen molar-refractivity contribution in [1.29, 1.82) is 0 Å². The fourth-order valence-corrected chi connectivity index (χ4v) is 5.69. The highest BCUT2D eigenvalue weighted by molar-refractivity contribution is 7.89. The third-order valence-corrected chi connectivity index (χ3v) is 8.27. The van der Waals surface area contributed by atoms with E-state index in [0.717, 1.165) is 16.0 Å². The molecule has 0 saturated heterocycles. The molecule has 0 saturated carbocycles. The zero-order valence-corrected chi connectivity index (χ0v) is 20.5. The molecule has 0 spiro atoms. The van der Waals surface area contributed by atoms with Crippen LogP contribution in [-0.2, 0) is 16.6 Å². The van der Waals surface area contributed by atoms with Crippen molar-refractivity contribution in [3.8, 4) is 10.4 Å². The molecule has 3 aromatic carbocycles. The van der Waals surface area contributed by atoms with E-state index in [2.05, 4.69) is 5.32 Å². The molecule has 4 aromatic rings. The first kappa shape index (κ1) is 24.3. The summed E-state index contributed by atoms with van der Waals surface area (Å²) >= 11 is 1.24. The predicted molar refractivity (Wildman–Crippen MR) is 138 cm³/mol. The number of hydrogen-bond donors (Lipinski definition) is 2. The van der Waals surface area contributed by atoms with Crippen molar-refractivity contribution in [2.45, 2.75) is 11.4 Å². The van der Waals surface area contributed by atoms with Crippen molar-refractivity contribution in [1.82, 2.24) is 4.31 Å². The molecule has 35 heavy (non-hydrogen) atoms. The molecule has 0 bridgehead atoms. The van der Waals surface area contributed by atoms with Crippen LogP contribution in [0.5, 0.6) is 0 Å². The highest BCUT2D eigenvalue weighted by Crippen LogP contribution is 2.35. The number of amides is 2. The van der Waals surface area contributed by atoms with Gasteiger partial charge in [0.05, 0.1) is 10.5 Å². The Kier molecular flexibility index (Phi) is 7.11. The Morgan fingerprint density at radius 1 is 0.914 bits per heavy atom. The van der Waals surface area contributed by atoms with E-state index in [4.69, 9.17) is 5.73 Å². The lowest BCUT2D eigenvalue weighted by Gasteiger charge is -2.17. The Labute approximate surface area is 207 Å². The number of rotatable bonds is 8. The van der Waals surface area contributed by atoms with Gasteiger partial charge in [0.25, 0.3) is 11.8 Å². The number of nitrogens with one attached hydrogen (secondary N) is 1. The summed E-state index contributed by atoms with van der Waals surface area (Å²) in [6.07, 6.45) is 0. The maximum absolute atomic E-state index is 12.9. The van der Waals surface area contributed by atoms with Crippen LogP contribution in [0.2, 0.25) is 0 Å². The molecule has 0 fully saturated rings. The molecule has 0 radical (unpaired) electrons. The average Bonchev–Trinajstić information content (AvgIpc) is 3.29.